The van der Waals surface area contributed by atoms with Crippen molar-refractivity contribution in [2.45, 2.75) is 18.8 Å². The average Bonchev–Trinajstić information content (AvgIpc) is 3.42. The average molecular weight is 372 g/mol. The molecule has 1 unspecified atom stereocenters. The minimum absolute atomic E-state index is 0.322. The van der Waals surface area contributed by atoms with Gasteiger partial charge in [0.25, 0.3) is 0 Å². The van der Waals surface area contributed by atoms with Crippen LogP contribution in [0.25, 0.3) is 33.4 Å². The summed E-state index contributed by atoms with van der Waals surface area (Å²) in [6.07, 6.45) is 7.66. The summed E-state index contributed by atoms with van der Waals surface area (Å²) < 4.78 is 0. The van der Waals surface area contributed by atoms with Gasteiger partial charge in [0.2, 0.25) is 0 Å². The molecular weight excluding hydrogens is 356 g/mol. The zero-order chi connectivity index (χ0) is 18.0. The van der Waals surface area contributed by atoms with E-state index in [-0.39, 0.29) is 0 Å². The fourth-order valence-electron chi connectivity index (χ4n) is 3.95. The van der Waals surface area contributed by atoms with Crippen molar-refractivity contribution in [3.8, 4) is 22.5 Å². The monoisotopic (exact) mass is 372 g/mol. The summed E-state index contributed by atoms with van der Waals surface area (Å²) in [7, 11) is 0. The van der Waals surface area contributed by atoms with Gasteiger partial charge in [-0.05, 0) is 30.7 Å². The van der Waals surface area contributed by atoms with Gasteiger partial charge in [0.05, 0.1) is 23.1 Å². The van der Waals surface area contributed by atoms with Gasteiger partial charge in [0, 0.05) is 50.4 Å². The van der Waals surface area contributed by atoms with Crippen LogP contribution in [0.3, 0.4) is 0 Å². The number of benzene rings is 1. The van der Waals surface area contributed by atoms with E-state index in [2.05, 4.69) is 49.7 Å². The molecule has 1 aliphatic carbocycles. The quantitative estimate of drug-likeness (QED) is 0.438. The predicted octanol–water partition coefficient (Wildman–Crippen LogP) is 3.94. The molecule has 2 aliphatic rings. The van der Waals surface area contributed by atoms with Gasteiger partial charge < -0.3 is 5.73 Å². The first-order valence-corrected chi connectivity index (χ1v) is 9.71. The topological polar surface area (TPSA) is 95.7 Å². The van der Waals surface area contributed by atoms with Crippen molar-refractivity contribution in [3.63, 3.8) is 0 Å². The van der Waals surface area contributed by atoms with Crippen molar-refractivity contribution < 1.29 is 0 Å². The lowest BCUT2D eigenvalue weighted by molar-refractivity contribution is 0.905. The molecule has 7 heteroatoms. The standard InChI is InChI=1S/C20H16N6S/c21-18-4-2-11(8-22-18)16-6-13-17(27-16)7-14-19(25-26-20(13)14)10-1-3-15-12(5-10)9-23-24-15/h1,3-6,8-9,11H,2,7,21H2,(H,23,24)(H,25,26). The first-order valence-electron chi connectivity index (χ1n) is 8.90. The molecule has 1 aliphatic heterocycles. The Morgan fingerprint density at radius 2 is 2.15 bits per heavy atom. The number of nitrogens with two attached hydrogens (primary N) is 1. The molecule has 0 bridgehead atoms. The molecule has 1 aromatic carbocycles. The summed E-state index contributed by atoms with van der Waals surface area (Å²) in [4.78, 5) is 7.01. The van der Waals surface area contributed by atoms with Crippen molar-refractivity contribution in [2.24, 2.45) is 10.7 Å². The van der Waals surface area contributed by atoms with Gasteiger partial charge in [0.15, 0.2) is 0 Å². The van der Waals surface area contributed by atoms with Gasteiger partial charge >= 0.3 is 0 Å². The summed E-state index contributed by atoms with van der Waals surface area (Å²) in [5.41, 5.74) is 12.7. The lowest BCUT2D eigenvalue weighted by Crippen LogP contribution is -2.06. The first-order chi connectivity index (χ1) is 13.3. The molecule has 4 N–H and O–H groups in total. The van der Waals surface area contributed by atoms with Crippen LogP contribution in [0.2, 0.25) is 0 Å². The Morgan fingerprint density at radius 1 is 1.19 bits per heavy atom. The second kappa shape index (κ2) is 5.40. The third-order valence-electron chi connectivity index (χ3n) is 5.37. The minimum atomic E-state index is 0.322. The highest BCUT2D eigenvalue weighted by Crippen LogP contribution is 2.46. The number of thiophene rings is 1. The van der Waals surface area contributed by atoms with Crippen molar-refractivity contribution in [3.05, 3.63) is 57.7 Å². The van der Waals surface area contributed by atoms with Crippen molar-refractivity contribution in [1.82, 2.24) is 20.4 Å². The van der Waals surface area contributed by atoms with Gasteiger partial charge in [-0.3, -0.25) is 10.2 Å². The largest absolute Gasteiger partial charge is 0.384 e. The summed E-state index contributed by atoms with van der Waals surface area (Å²) in [6.45, 7) is 0. The molecule has 0 spiro atoms. The van der Waals surface area contributed by atoms with Crippen LogP contribution in [0.5, 0.6) is 0 Å². The van der Waals surface area contributed by atoms with Crippen LogP contribution < -0.4 is 5.73 Å². The second-order valence-electron chi connectivity index (χ2n) is 7.01. The highest BCUT2D eigenvalue weighted by molar-refractivity contribution is 7.12. The highest BCUT2D eigenvalue weighted by Gasteiger charge is 2.29. The first kappa shape index (κ1) is 14.9. The molecule has 0 saturated heterocycles. The number of aromatic amines is 2. The van der Waals surface area contributed by atoms with E-state index >= 15 is 0 Å². The molecule has 132 valence electrons. The van der Waals surface area contributed by atoms with Crippen LogP contribution >= 0.6 is 11.3 Å². The van der Waals surface area contributed by atoms with Gasteiger partial charge in [0.1, 0.15) is 5.82 Å². The summed E-state index contributed by atoms with van der Waals surface area (Å²) in [6, 6.07) is 8.59. The van der Waals surface area contributed by atoms with Gasteiger partial charge in [-0.1, -0.05) is 6.07 Å². The van der Waals surface area contributed by atoms with Gasteiger partial charge in [-0.15, -0.1) is 11.3 Å². The van der Waals surface area contributed by atoms with E-state index in [1.807, 2.05) is 29.8 Å². The molecule has 0 radical (unpaired) electrons. The fraction of sp³-hybridized carbons (Fsp3) is 0.150. The number of fused-ring (bicyclic) bond motifs is 4. The van der Waals surface area contributed by atoms with Crippen molar-refractivity contribution in [1.29, 1.82) is 0 Å². The number of nitrogens with one attached hydrogen (secondary N) is 2. The van der Waals surface area contributed by atoms with E-state index in [1.165, 1.54) is 20.9 Å². The van der Waals surface area contributed by atoms with Crippen LogP contribution in [0.1, 0.15) is 27.7 Å². The Labute approximate surface area is 158 Å². The zero-order valence-electron chi connectivity index (χ0n) is 14.4. The summed E-state index contributed by atoms with van der Waals surface area (Å²) >= 11 is 1.87. The number of nitrogens with zero attached hydrogens (tertiary/aromatic N) is 3. The van der Waals surface area contributed by atoms with E-state index in [9.17, 15) is 0 Å². The molecule has 4 aromatic rings. The molecule has 0 saturated carbocycles. The molecule has 0 amide bonds. The normalized spacial score (nSPS) is 17.9. The van der Waals surface area contributed by atoms with Crippen molar-refractivity contribution >= 4 is 28.5 Å². The number of hydrogen-bond donors (Lipinski definition) is 3. The highest BCUT2D eigenvalue weighted by atomic mass is 32.1. The summed E-state index contributed by atoms with van der Waals surface area (Å²) in [5.74, 6) is 0.938. The molecule has 1 atom stereocenters. The van der Waals surface area contributed by atoms with Crippen LogP contribution in [0.4, 0.5) is 0 Å². The number of allylic oxidation sites excluding steroid dienone is 1. The maximum Gasteiger partial charge on any atom is 0.118 e. The third kappa shape index (κ3) is 2.21. The Morgan fingerprint density at radius 3 is 3.04 bits per heavy atom. The van der Waals surface area contributed by atoms with Crippen LogP contribution in [0.15, 0.2) is 47.4 Å². The second-order valence-corrected chi connectivity index (χ2v) is 8.18. The Balaban J connectivity index is 1.38. The molecule has 6 nitrogen and oxygen atoms in total. The lowest BCUT2D eigenvalue weighted by Gasteiger charge is -2.11. The number of rotatable bonds is 2. The third-order valence-corrected chi connectivity index (χ3v) is 6.63. The van der Waals surface area contributed by atoms with Gasteiger partial charge in [-0.25, -0.2) is 4.99 Å². The van der Waals surface area contributed by atoms with E-state index in [1.54, 1.807) is 0 Å². The minimum Gasteiger partial charge on any atom is -0.384 e. The number of aromatic nitrogens is 4. The number of aliphatic imine (C=N–C) groups is 1. The zero-order valence-corrected chi connectivity index (χ0v) is 15.2. The van der Waals surface area contributed by atoms with Crippen molar-refractivity contribution in [2.75, 3.05) is 0 Å². The Bertz CT molecular complexity index is 1250. The SMILES string of the molecule is NC1=CCC(c2cc3c(s2)Cc2c(-c4ccc5[nH]ncc5c4)n[nH]c2-3)C=N1. The molecule has 3 aromatic heterocycles. The van der Waals surface area contributed by atoms with E-state index < -0.39 is 0 Å². The molecule has 0 fully saturated rings. The Hall–Kier alpha value is -3.19. The van der Waals surface area contributed by atoms with Crippen LogP contribution in [-0.4, -0.2) is 26.6 Å². The van der Waals surface area contributed by atoms with Gasteiger partial charge in [-0.2, -0.15) is 10.2 Å². The predicted molar refractivity (Wildman–Crippen MR) is 108 cm³/mol. The van der Waals surface area contributed by atoms with E-state index in [0.717, 1.165) is 40.7 Å². The molecule has 6 rings (SSSR count). The number of hydrogen-bond acceptors (Lipinski definition) is 5. The van der Waals surface area contributed by atoms with Crippen LogP contribution in [0, 0.1) is 0 Å². The van der Waals surface area contributed by atoms with E-state index in [0.29, 0.717) is 11.7 Å². The fourth-order valence-corrected chi connectivity index (χ4v) is 5.21. The summed E-state index contributed by atoms with van der Waals surface area (Å²) in [5, 5.41) is 16.1. The van der Waals surface area contributed by atoms with Crippen LogP contribution in [-0.2, 0) is 6.42 Å². The molecule has 27 heavy (non-hydrogen) atoms. The van der Waals surface area contributed by atoms with E-state index in [4.69, 9.17) is 5.73 Å². The maximum absolute atomic E-state index is 5.74. The molecular formula is C20H16N6S. The smallest absolute Gasteiger partial charge is 0.118 e. The Kier molecular flexibility index (Phi) is 2.99. The number of H-pyrrole nitrogens is 2. The lowest BCUT2D eigenvalue weighted by atomic mass is 10.0. The maximum atomic E-state index is 5.74. The molecule has 4 heterocycles.